The largest absolute Gasteiger partial charge is 0.480 e. The Kier molecular flexibility index (Phi) is 17.2. The highest BCUT2D eigenvalue weighted by Gasteiger charge is 2.42. The molecule has 0 saturated carbocycles. The third-order valence-corrected chi connectivity index (χ3v) is 17.2. The van der Waals surface area contributed by atoms with E-state index in [1.807, 2.05) is 13.8 Å². The van der Waals surface area contributed by atoms with E-state index in [4.69, 9.17) is 0 Å². The van der Waals surface area contributed by atoms with Gasteiger partial charge in [-0.15, -0.1) is 0 Å². The summed E-state index contributed by atoms with van der Waals surface area (Å²) in [5.41, 5.74) is 4.60. The molecule has 4 aliphatic heterocycles. The Hall–Kier alpha value is -6.88. The molecule has 8 rings (SSSR count). The first-order valence-electron chi connectivity index (χ1n) is 24.2. The van der Waals surface area contributed by atoms with Gasteiger partial charge in [-0.25, -0.2) is 36.0 Å². The highest BCUT2D eigenvalue weighted by Crippen LogP contribution is 2.29. The monoisotopic (exact) mass is 1040 g/mol. The van der Waals surface area contributed by atoms with Crippen molar-refractivity contribution in [1.82, 2.24) is 29.5 Å². The van der Waals surface area contributed by atoms with Crippen LogP contribution in [-0.2, 0) is 52.1 Å². The molecule has 4 unspecified atom stereocenters. The number of rotatable bonds is 16. The number of carboxylic acids is 2. The zero-order valence-electron chi connectivity index (χ0n) is 41.0. The van der Waals surface area contributed by atoms with E-state index >= 15 is 0 Å². The van der Waals surface area contributed by atoms with Crippen molar-refractivity contribution in [3.05, 3.63) is 119 Å². The Balaban J connectivity index is 0.000000214. The molecule has 4 heterocycles. The van der Waals surface area contributed by atoms with Crippen molar-refractivity contribution >= 4 is 67.2 Å². The molecule has 4 aromatic carbocycles. The van der Waals surface area contributed by atoms with E-state index in [1.54, 1.807) is 94.5 Å². The lowest BCUT2D eigenvalue weighted by Crippen LogP contribution is -2.51. The molecule has 4 aliphatic rings. The lowest BCUT2D eigenvalue weighted by molar-refractivity contribution is -0.142. The minimum absolute atomic E-state index is 0.0188. The van der Waals surface area contributed by atoms with E-state index in [0.717, 1.165) is 38.3 Å². The maximum absolute atomic E-state index is 13.2. The van der Waals surface area contributed by atoms with Gasteiger partial charge in [-0.2, -0.15) is 8.61 Å². The number of nitrogens with one attached hydrogen (secondary N) is 3. The van der Waals surface area contributed by atoms with Crippen LogP contribution < -0.4 is 25.8 Å². The molecule has 0 radical (unpaired) electrons. The molecule has 73 heavy (non-hydrogen) atoms. The predicted octanol–water partition coefficient (Wildman–Crippen LogP) is 4.10. The topological polar surface area (TPSA) is 263 Å². The smallest absolute Gasteiger partial charge is 0.326 e. The Labute approximate surface area is 425 Å². The minimum Gasteiger partial charge on any atom is -0.480 e. The molecule has 4 atom stereocenters. The molecular weight excluding hydrogens is 981 g/mol. The van der Waals surface area contributed by atoms with Crippen LogP contribution in [0.15, 0.2) is 107 Å². The number of urea groups is 2. The van der Waals surface area contributed by atoms with Crippen LogP contribution >= 0.6 is 0 Å². The second-order valence-electron chi connectivity index (χ2n) is 18.7. The fourth-order valence-corrected chi connectivity index (χ4v) is 12.6. The highest BCUT2D eigenvalue weighted by molar-refractivity contribution is 7.89. The average Bonchev–Trinajstić information content (AvgIpc) is 4.09. The summed E-state index contributed by atoms with van der Waals surface area (Å²) in [4.78, 5) is 79.7. The molecule has 390 valence electrons. The van der Waals surface area contributed by atoms with Gasteiger partial charge in [0.05, 0.1) is 9.79 Å². The maximum atomic E-state index is 13.2. The SMILES string of the molecule is Cc1ccc(S(=O)(=O)N2CCCC2C(=O)NC(Cc2ccc(N3CCCN(C)C3=O)cc2)C(=O)O)cc1.Cc1ccc(S(=O)(=O)N2CCCC2C(=O)NC(Cc2ccc(N3CCCNC3=O)cc2)C(=O)O)cc1. The van der Waals surface area contributed by atoms with Crippen LogP contribution in [0.25, 0.3) is 0 Å². The third-order valence-electron chi connectivity index (χ3n) is 13.4. The molecule has 0 aromatic heterocycles. The first kappa shape index (κ1) is 53.9. The molecule has 0 spiro atoms. The Morgan fingerprint density at radius 2 is 0.986 bits per heavy atom. The number of anilines is 2. The number of carboxylic acid groups (broad SMARTS) is 2. The fourth-order valence-electron chi connectivity index (χ4n) is 9.28. The molecule has 0 aliphatic carbocycles. The van der Waals surface area contributed by atoms with Crippen LogP contribution in [0.3, 0.4) is 0 Å². The van der Waals surface area contributed by atoms with Crippen LogP contribution in [0.5, 0.6) is 0 Å². The number of amides is 6. The summed E-state index contributed by atoms with van der Waals surface area (Å²) < 4.78 is 55.0. The molecule has 4 fully saturated rings. The predicted molar refractivity (Wildman–Crippen MR) is 271 cm³/mol. The van der Waals surface area contributed by atoms with Gasteiger partial charge in [0, 0.05) is 70.5 Å². The van der Waals surface area contributed by atoms with Crippen molar-refractivity contribution in [3.63, 3.8) is 0 Å². The van der Waals surface area contributed by atoms with Gasteiger partial charge in [-0.1, -0.05) is 59.7 Å². The number of benzene rings is 4. The van der Waals surface area contributed by atoms with Crippen molar-refractivity contribution in [2.24, 2.45) is 0 Å². The van der Waals surface area contributed by atoms with Crippen LogP contribution in [0, 0.1) is 13.8 Å². The van der Waals surface area contributed by atoms with Crippen molar-refractivity contribution in [2.45, 2.75) is 99.2 Å². The highest BCUT2D eigenvalue weighted by atomic mass is 32.2. The first-order valence-corrected chi connectivity index (χ1v) is 27.1. The number of nitrogens with zero attached hydrogens (tertiary/aromatic N) is 5. The van der Waals surface area contributed by atoms with E-state index in [2.05, 4.69) is 16.0 Å². The Morgan fingerprint density at radius 1 is 0.575 bits per heavy atom. The summed E-state index contributed by atoms with van der Waals surface area (Å²) in [6.45, 7) is 6.65. The normalized spacial score (nSPS) is 19.6. The van der Waals surface area contributed by atoms with Crippen molar-refractivity contribution in [3.8, 4) is 0 Å². The second kappa shape index (κ2) is 23.3. The summed E-state index contributed by atoms with van der Waals surface area (Å²) in [5, 5.41) is 27.4. The van der Waals surface area contributed by atoms with Gasteiger partial charge in [-0.05, 0) is 112 Å². The summed E-state index contributed by atoms with van der Waals surface area (Å²) >= 11 is 0. The second-order valence-corrected chi connectivity index (χ2v) is 22.4. The zero-order chi connectivity index (χ0) is 52.6. The van der Waals surface area contributed by atoms with Gasteiger partial charge in [0.2, 0.25) is 31.9 Å². The molecule has 22 heteroatoms. The summed E-state index contributed by atoms with van der Waals surface area (Å²) in [5.74, 6) is -3.68. The zero-order valence-corrected chi connectivity index (χ0v) is 42.6. The maximum Gasteiger partial charge on any atom is 0.326 e. The number of aliphatic carboxylic acids is 2. The Morgan fingerprint density at radius 3 is 1.40 bits per heavy atom. The van der Waals surface area contributed by atoms with Gasteiger partial charge in [0.25, 0.3) is 0 Å². The van der Waals surface area contributed by atoms with Gasteiger partial charge in [-0.3, -0.25) is 19.4 Å². The fraction of sp³-hybridized carbons (Fsp3) is 0.412. The van der Waals surface area contributed by atoms with Gasteiger partial charge in [0.15, 0.2) is 0 Å². The van der Waals surface area contributed by atoms with Gasteiger partial charge < -0.3 is 31.1 Å². The van der Waals surface area contributed by atoms with Crippen LogP contribution in [0.4, 0.5) is 21.0 Å². The number of aryl methyl sites for hydroxylation is 2. The summed E-state index contributed by atoms with van der Waals surface area (Å²) in [6.07, 6.45) is 3.37. The summed E-state index contributed by atoms with van der Waals surface area (Å²) in [7, 11) is -6.05. The van der Waals surface area contributed by atoms with E-state index in [-0.39, 0.29) is 47.8 Å². The molecule has 0 bridgehead atoms. The number of sulfonamides is 2. The van der Waals surface area contributed by atoms with E-state index < -0.39 is 68.0 Å². The van der Waals surface area contributed by atoms with E-state index in [9.17, 15) is 55.8 Å². The van der Waals surface area contributed by atoms with Crippen LogP contribution in [-0.4, -0.2) is 147 Å². The molecular formula is C51H62N8O12S2. The quantitative estimate of drug-likeness (QED) is 0.106. The molecule has 4 saturated heterocycles. The first-order chi connectivity index (χ1) is 34.7. The van der Waals surface area contributed by atoms with Crippen molar-refractivity contribution in [2.75, 3.05) is 56.1 Å². The van der Waals surface area contributed by atoms with Gasteiger partial charge >= 0.3 is 24.0 Å². The minimum atomic E-state index is -3.90. The molecule has 5 N–H and O–H groups in total. The van der Waals surface area contributed by atoms with Crippen LogP contribution in [0.1, 0.15) is 60.8 Å². The van der Waals surface area contributed by atoms with Crippen molar-refractivity contribution < 1.29 is 55.8 Å². The number of carbonyl (C=O) groups excluding carboxylic acids is 4. The molecule has 4 aromatic rings. The third kappa shape index (κ3) is 12.8. The molecule has 6 amide bonds. The Bertz CT molecular complexity index is 2890. The number of hydrogen-bond acceptors (Lipinski definition) is 10. The van der Waals surface area contributed by atoms with Crippen molar-refractivity contribution in [1.29, 1.82) is 0 Å². The summed E-state index contributed by atoms with van der Waals surface area (Å²) in [6, 6.07) is 22.1. The lowest BCUT2D eigenvalue weighted by Gasteiger charge is -2.33. The molecule has 20 nitrogen and oxygen atoms in total. The number of carbonyl (C=O) groups is 6. The average molecular weight is 1040 g/mol. The van der Waals surface area contributed by atoms with E-state index in [0.29, 0.717) is 68.7 Å². The lowest BCUT2D eigenvalue weighted by atomic mass is 10.0. The number of hydrogen-bond donors (Lipinski definition) is 5. The van der Waals surface area contributed by atoms with Crippen LogP contribution in [0.2, 0.25) is 0 Å². The standard InChI is InChI=1S/C26H32N4O6S.C25H30N4O6S/c1-18-6-12-21(13-7-18)37(35,36)30-16-3-5-23(30)24(31)27-22(25(32)33)17-19-8-10-20(11-9-19)29-15-4-14-28(2)26(29)34;1-17-5-11-20(12-6-17)36(34,35)29-15-2-4-22(29)23(30)27-21(24(31)32)16-18-7-9-19(10-8-18)28-14-3-13-26-25(28)33/h6-13,22-23H,3-5,14-17H2,1-2H3,(H,27,31)(H,32,33);5-12,21-22H,2-4,13-16H2,1H3,(H,26,33)(H,27,30)(H,31,32). The van der Waals surface area contributed by atoms with Gasteiger partial charge in [0.1, 0.15) is 24.2 Å². The van der Waals surface area contributed by atoms with E-state index in [1.165, 1.54) is 24.3 Å².